The summed E-state index contributed by atoms with van der Waals surface area (Å²) in [6.07, 6.45) is 1.58. The number of hydrogen-bond acceptors (Lipinski definition) is 4. The number of nitrogens with one attached hydrogen (secondary N) is 1. The van der Waals surface area contributed by atoms with Gasteiger partial charge in [-0.1, -0.05) is 0 Å². The van der Waals surface area contributed by atoms with Gasteiger partial charge in [0.2, 0.25) is 0 Å². The lowest BCUT2D eigenvalue weighted by molar-refractivity contribution is 0.0943. The van der Waals surface area contributed by atoms with Crippen molar-refractivity contribution in [2.45, 2.75) is 6.92 Å². The van der Waals surface area contributed by atoms with E-state index in [0.717, 1.165) is 0 Å². The highest BCUT2D eigenvalue weighted by atomic mass is 16.3. The molecule has 0 aliphatic heterocycles. The van der Waals surface area contributed by atoms with Crippen molar-refractivity contribution in [1.82, 2.24) is 10.3 Å². The number of hydrogen-bond donors (Lipinski definition) is 2. The molecule has 5 nitrogen and oxygen atoms in total. The molecular formula is C13H14N2O3. The van der Waals surface area contributed by atoms with E-state index in [1.54, 1.807) is 31.4 Å². The first-order chi connectivity index (χ1) is 8.72. The number of pyridine rings is 1. The first-order valence-corrected chi connectivity index (χ1v) is 5.63. The van der Waals surface area contributed by atoms with Gasteiger partial charge < -0.3 is 14.8 Å². The first-order valence-electron chi connectivity index (χ1n) is 5.63. The first kappa shape index (κ1) is 12.3. The fraction of sp³-hybridized carbons (Fsp3) is 0.231. The standard InChI is InChI=1S/C13H14N2O3/c1-9-10(13(17)14-6-7-16)4-5-11(15-9)12-3-2-8-18-12/h2-5,8,16H,6-7H2,1H3,(H,14,17). The lowest BCUT2D eigenvalue weighted by atomic mass is 10.1. The van der Waals surface area contributed by atoms with Crippen LogP contribution in [0.2, 0.25) is 0 Å². The zero-order valence-corrected chi connectivity index (χ0v) is 10.0. The van der Waals surface area contributed by atoms with E-state index in [1.165, 1.54) is 0 Å². The summed E-state index contributed by atoms with van der Waals surface area (Å²) in [6, 6.07) is 7.04. The number of nitrogens with zero attached hydrogens (tertiary/aromatic N) is 1. The van der Waals surface area contributed by atoms with Gasteiger partial charge >= 0.3 is 0 Å². The third-order valence-electron chi connectivity index (χ3n) is 2.50. The number of amides is 1. The highest BCUT2D eigenvalue weighted by Crippen LogP contribution is 2.19. The molecule has 0 bridgehead atoms. The maximum Gasteiger partial charge on any atom is 0.253 e. The van der Waals surface area contributed by atoms with Crippen LogP contribution >= 0.6 is 0 Å². The second-order valence-corrected chi connectivity index (χ2v) is 3.79. The number of aromatic nitrogens is 1. The van der Waals surface area contributed by atoms with Crippen LogP contribution in [0.15, 0.2) is 34.9 Å². The Morgan fingerprint density at radius 2 is 2.28 bits per heavy atom. The van der Waals surface area contributed by atoms with E-state index in [2.05, 4.69) is 10.3 Å². The van der Waals surface area contributed by atoms with E-state index in [4.69, 9.17) is 9.52 Å². The Morgan fingerprint density at radius 1 is 1.44 bits per heavy atom. The zero-order chi connectivity index (χ0) is 13.0. The van der Waals surface area contributed by atoms with Crippen LogP contribution in [0.3, 0.4) is 0 Å². The van der Waals surface area contributed by atoms with Gasteiger partial charge in [0, 0.05) is 6.54 Å². The summed E-state index contributed by atoms with van der Waals surface area (Å²) in [7, 11) is 0. The average Bonchev–Trinajstić information content (AvgIpc) is 2.89. The minimum atomic E-state index is -0.236. The molecule has 2 rings (SSSR count). The van der Waals surface area contributed by atoms with Crippen molar-refractivity contribution in [1.29, 1.82) is 0 Å². The highest BCUT2D eigenvalue weighted by Gasteiger charge is 2.11. The Morgan fingerprint density at radius 3 is 2.89 bits per heavy atom. The van der Waals surface area contributed by atoms with Crippen molar-refractivity contribution in [3.63, 3.8) is 0 Å². The molecule has 2 N–H and O–H groups in total. The van der Waals surface area contributed by atoms with E-state index in [1.807, 2.05) is 6.07 Å². The van der Waals surface area contributed by atoms with Crippen LogP contribution < -0.4 is 5.32 Å². The van der Waals surface area contributed by atoms with Crippen molar-refractivity contribution >= 4 is 5.91 Å². The largest absolute Gasteiger partial charge is 0.463 e. The second-order valence-electron chi connectivity index (χ2n) is 3.79. The molecule has 0 aliphatic carbocycles. The zero-order valence-electron chi connectivity index (χ0n) is 10.0. The monoisotopic (exact) mass is 246 g/mol. The molecule has 0 saturated carbocycles. The summed E-state index contributed by atoms with van der Waals surface area (Å²) in [5.74, 6) is 0.431. The van der Waals surface area contributed by atoms with Gasteiger partial charge in [-0.2, -0.15) is 0 Å². The molecule has 5 heteroatoms. The van der Waals surface area contributed by atoms with Gasteiger partial charge in [0.05, 0.1) is 24.1 Å². The summed E-state index contributed by atoms with van der Waals surface area (Å²) >= 11 is 0. The maximum atomic E-state index is 11.7. The van der Waals surface area contributed by atoms with Crippen LogP contribution in [0.1, 0.15) is 16.1 Å². The molecule has 0 spiro atoms. The number of furan rings is 1. The molecule has 1 amide bonds. The highest BCUT2D eigenvalue weighted by molar-refractivity contribution is 5.95. The van der Waals surface area contributed by atoms with Crippen LogP contribution in [0.25, 0.3) is 11.5 Å². The van der Waals surface area contributed by atoms with Gasteiger partial charge in [-0.25, -0.2) is 4.98 Å². The number of carbonyl (C=O) groups is 1. The molecule has 0 aliphatic rings. The third kappa shape index (κ3) is 2.57. The third-order valence-corrected chi connectivity index (χ3v) is 2.50. The fourth-order valence-corrected chi connectivity index (χ4v) is 1.63. The average molecular weight is 246 g/mol. The Bertz CT molecular complexity index is 535. The quantitative estimate of drug-likeness (QED) is 0.854. The number of rotatable bonds is 4. The predicted octanol–water partition coefficient (Wildman–Crippen LogP) is 1.37. The topological polar surface area (TPSA) is 75.4 Å². The summed E-state index contributed by atoms with van der Waals surface area (Å²) in [4.78, 5) is 16.1. The van der Waals surface area contributed by atoms with Gasteiger partial charge in [0.15, 0.2) is 5.76 Å². The molecule has 0 aromatic carbocycles. The molecule has 94 valence electrons. The Balaban J connectivity index is 2.23. The lowest BCUT2D eigenvalue weighted by Gasteiger charge is -2.07. The van der Waals surface area contributed by atoms with E-state index >= 15 is 0 Å². The predicted molar refractivity (Wildman–Crippen MR) is 66.1 cm³/mol. The van der Waals surface area contributed by atoms with E-state index < -0.39 is 0 Å². The van der Waals surface area contributed by atoms with Crippen molar-refractivity contribution in [3.8, 4) is 11.5 Å². The summed E-state index contributed by atoms with van der Waals surface area (Å²) in [5.41, 5.74) is 1.81. The fourth-order valence-electron chi connectivity index (χ4n) is 1.63. The van der Waals surface area contributed by atoms with Crippen LogP contribution in [-0.2, 0) is 0 Å². The molecular weight excluding hydrogens is 232 g/mol. The molecule has 0 unspecified atom stereocenters. The minimum Gasteiger partial charge on any atom is -0.463 e. The smallest absolute Gasteiger partial charge is 0.253 e. The Kier molecular flexibility index (Phi) is 3.74. The van der Waals surface area contributed by atoms with Crippen molar-refractivity contribution in [3.05, 3.63) is 41.8 Å². The minimum absolute atomic E-state index is 0.0807. The maximum absolute atomic E-state index is 11.7. The summed E-state index contributed by atoms with van der Waals surface area (Å²) in [5, 5.41) is 11.2. The second kappa shape index (κ2) is 5.46. The van der Waals surface area contributed by atoms with Crippen LogP contribution in [-0.4, -0.2) is 29.1 Å². The molecule has 0 radical (unpaired) electrons. The van der Waals surface area contributed by atoms with Crippen LogP contribution in [0.4, 0.5) is 0 Å². The normalized spacial score (nSPS) is 10.3. The van der Waals surface area contributed by atoms with Gasteiger partial charge in [0.1, 0.15) is 5.69 Å². The number of carbonyl (C=O) groups excluding carboxylic acids is 1. The molecule has 2 heterocycles. The SMILES string of the molecule is Cc1nc(-c2ccco2)ccc1C(=O)NCCO. The number of aliphatic hydroxyl groups excluding tert-OH is 1. The van der Waals surface area contributed by atoms with Crippen molar-refractivity contribution < 1.29 is 14.3 Å². The van der Waals surface area contributed by atoms with Gasteiger partial charge in [-0.3, -0.25) is 4.79 Å². The molecule has 18 heavy (non-hydrogen) atoms. The summed E-state index contributed by atoms with van der Waals surface area (Å²) in [6.45, 7) is 1.92. The van der Waals surface area contributed by atoms with Gasteiger partial charge in [-0.05, 0) is 31.2 Å². The van der Waals surface area contributed by atoms with Gasteiger partial charge in [0.25, 0.3) is 5.91 Å². The summed E-state index contributed by atoms with van der Waals surface area (Å²) < 4.78 is 5.24. The lowest BCUT2D eigenvalue weighted by Crippen LogP contribution is -2.27. The van der Waals surface area contributed by atoms with Crippen LogP contribution in [0, 0.1) is 6.92 Å². The van der Waals surface area contributed by atoms with E-state index in [-0.39, 0.29) is 19.1 Å². The van der Waals surface area contributed by atoms with Gasteiger partial charge in [-0.15, -0.1) is 0 Å². The van der Waals surface area contributed by atoms with Crippen molar-refractivity contribution in [2.24, 2.45) is 0 Å². The van der Waals surface area contributed by atoms with E-state index in [9.17, 15) is 4.79 Å². The van der Waals surface area contributed by atoms with E-state index in [0.29, 0.717) is 22.7 Å². The number of aliphatic hydroxyl groups is 1. The van der Waals surface area contributed by atoms with Crippen molar-refractivity contribution in [2.75, 3.05) is 13.2 Å². The molecule has 0 fully saturated rings. The Hall–Kier alpha value is -2.14. The molecule has 0 atom stereocenters. The van der Waals surface area contributed by atoms with Crippen LogP contribution in [0.5, 0.6) is 0 Å². The molecule has 2 aromatic heterocycles. The molecule has 2 aromatic rings. The number of aryl methyl sites for hydroxylation is 1. The Labute approximate surface area is 104 Å². The molecule has 0 saturated heterocycles.